The van der Waals surface area contributed by atoms with E-state index < -0.39 is 17.5 Å². The fourth-order valence-corrected chi connectivity index (χ4v) is 5.04. The van der Waals surface area contributed by atoms with E-state index in [2.05, 4.69) is 10.6 Å². The fraction of sp³-hybridized carbons (Fsp3) is 0.172. The number of halogens is 1. The number of anilines is 3. The molecule has 0 radical (unpaired) electrons. The zero-order chi connectivity index (χ0) is 27.9. The summed E-state index contributed by atoms with van der Waals surface area (Å²) in [4.78, 5) is 26.8. The SMILES string of the molecule is COc1cccc(Nc2sc(C(=O)c3ccc(F)cc3)c(N)c2C(=O)NCCc2ccc(OC)c(OC)c2)c1. The molecule has 0 atom stereocenters. The predicted octanol–water partition coefficient (Wildman–Crippen LogP) is 5.44. The van der Waals surface area contributed by atoms with Gasteiger partial charge < -0.3 is 30.6 Å². The summed E-state index contributed by atoms with van der Waals surface area (Å²) in [5.41, 5.74) is 8.44. The summed E-state index contributed by atoms with van der Waals surface area (Å²) < 4.78 is 29.3. The lowest BCUT2D eigenvalue weighted by Gasteiger charge is -2.11. The average Bonchev–Trinajstić information content (AvgIpc) is 3.28. The van der Waals surface area contributed by atoms with Crippen LogP contribution >= 0.6 is 11.3 Å². The monoisotopic (exact) mass is 549 g/mol. The number of hydrogen-bond donors (Lipinski definition) is 3. The maximum absolute atomic E-state index is 13.4. The minimum Gasteiger partial charge on any atom is -0.497 e. The number of ketones is 1. The van der Waals surface area contributed by atoms with Gasteiger partial charge in [0.05, 0.1) is 32.6 Å². The van der Waals surface area contributed by atoms with Crippen LogP contribution in [-0.4, -0.2) is 39.6 Å². The lowest BCUT2D eigenvalue weighted by Crippen LogP contribution is -2.26. The molecule has 10 heteroatoms. The molecule has 0 aliphatic carbocycles. The summed E-state index contributed by atoms with van der Waals surface area (Å²) in [6.45, 7) is 0.309. The van der Waals surface area contributed by atoms with Crippen molar-refractivity contribution in [1.29, 1.82) is 0 Å². The second kappa shape index (κ2) is 12.3. The highest BCUT2D eigenvalue weighted by atomic mass is 32.1. The molecule has 202 valence electrons. The highest BCUT2D eigenvalue weighted by Crippen LogP contribution is 2.39. The number of nitrogen functional groups attached to an aromatic ring is 1. The van der Waals surface area contributed by atoms with Gasteiger partial charge in [-0.2, -0.15) is 0 Å². The molecule has 0 bridgehead atoms. The first-order valence-corrected chi connectivity index (χ1v) is 12.8. The van der Waals surface area contributed by atoms with E-state index in [0.717, 1.165) is 16.9 Å². The smallest absolute Gasteiger partial charge is 0.256 e. The minimum absolute atomic E-state index is 0.0448. The summed E-state index contributed by atoms with van der Waals surface area (Å²) >= 11 is 1.06. The van der Waals surface area contributed by atoms with Crippen molar-refractivity contribution in [2.75, 3.05) is 38.9 Å². The van der Waals surface area contributed by atoms with Gasteiger partial charge in [0.1, 0.15) is 21.4 Å². The largest absolute Gasteiger partial charge is 0.497 e. The van der Waals surface area contributed by atoms with Crippen molar-refractivity contribution in [3.05, 3.63) is 94.1 Å². The van der Waals surface area contributed by atoms with Gasteiger partial charge in [-0.05, 0) is 60.5 Å². The Balaban J connectivity index is 1.60. The van der Waals surface area contributed by atoms with Crippen molar-refractivity contribution >= 4 is 39.4 Å². The van der Waals surface area contributed by atoms with Crippen LogP contribution in [0.2, 0.25) is 0 Å². The first-order valence-electron chi connectivity index (χ1n) is 12.0. The molecule has 1 aromatic heterocycles. The Kier molecular flexibility index (Phi) is 8.67. The van der Waals surface area contributed by atoms with Crippen LogP contribution in [0.3, 0.4) is 0 Å². The molecular weight excluding hydrogens is 521 g/mol. The number of nitrogens with one attached hydrogen (secondary N) is 2. The molecule has 0 unspecified atom stereocenters. The van der Waals surface area contributed by atoms with E-state index in [-0.39, 0.29) is 21.7 Å². The summed E-state index contributed by atoms with van der Waals surface area (Å²) in [7, 11) is 4.68. The van der Waals surface area contributed by atoms with Crippen molar-refractivity contribution in [1.82, 2.24) is 5.32 Å². The molecule has 0 saturated heterocycles. The van der Waals surface area contributed by atoms with Crippen LogP contribution in [-0.2, 0) is 6.42 Å². The lowest BCUT2D eigenvalue weighted by molar-refractivity contribution is 0.0956. The van der Waals surface area contributed by atoms with Gasteiger partial charge in [0.2, 0.25) is 5.78 Å². The average molecular weight is 550 g/mol. The third kappa shape index (κ3) is 6.29. The van der Waals surface area contributed by atoms with Crippen LogP contribution in [0.25, 0.3) is 0 Å². The van der Waals surface area contributed by atoms with E-state index >= 15 is 0 Å². The Morgan fingerprint density at radius 2 is 1.67 bits per heavy atom. The van der Waals surface area contributed by atoms with Crippen LogP contribution in [0.4, 0.5) is 20.8 Å². The van der Waals surface area contributed by atoms with E-state index in [4.69, 9.17) is 19.9 Å². The standard InChI is InChI=1S/C29H28FN3O5S/c1-36-21-6-4-5-20(16-21)33-29-24(25(31)27(39-29)26(34)18-8-10-19(30)11-9-18)28(35)32-14-13-17-7-12-22(37-2)23(15-17)38-3/h4-12,15-16,33H,13-14,31H2,1-3H3,(H,32,35). The Labute approximate surface area is 229 Å². The quantitative estimate of drug-likeness (QED) is 0.214. The predicted molar refractivity (Wildman–Crippen MR) is 150 cm³/mol. The third-order valence-corrected chi connectivity index (χ3v) is 7.08. The normalized spacial score (nSPS) is 10.6. The summed E-state index contributed by atoms with van der Waals surface area (Å²) in [5.74, 6) is 0.525. The Hall–Kier alpha value is -4.57. The number of carbonyl (C=O) groups excluding carboxylic acids is 2. The van der Waals surface area contributed by atoms with Crippen molar-refractivity contribution < 1.29 is 28.2 Å². The van der Waals surface area contributed by atoms with Crippen molar-refractivity contribution in [2.24, 2.45) is 0 Å². The van der Waals surface area contributed by atoms with Gasteiger partial charge >= 0.3 is 0 Å². The van der Waals surface area contributed by atoms with Crippen molar-refractivity contribution in [3.8, 4) is 17.2 Å². The third-order valence-electron chi connectivity index (χ3n) is 5.96. The van der Waals surface area contributed by atoms with Crippen LogP contribution in [0.5, 0.6) is 17.2 Å². The molecule has 1 heterocycles. The highest BCUT2D eigenvalue weighted by Gasteiger charge is 2.26. The molecule has 4 N–H and O–H groups in total. The number of ether oxygens (including phenoxy) is 3. The topological polar surface area (TPSA) is 112 Å². The first kappa shape index (κ1) is 27.5. The van der Waals surface area contributed by atoms with E-state index in [9.17, 15) is 14.0 Å². The molecule has 0 aliphatic heterocycles. The molecule has 1 amide bonds. The molecule has 4 aromatic rings. The number of methoxy groups -OCH3 is 3. The molecule has 8 nitrogen and oxygen atoms in total. The molecule has 0 spiro atoms. The van der Waals surface area contributed by atoms with Crippen molar-refractivity contribution in [3.63, 3.8) is 0 Å². The number of benzene rings is 3. The molecular formula is C29H28FN3O5S. The van der Waals surface area contributed by atoms with Gasteiger partial charge in [-0.1, -0.05) is 12.1 Å². The van der Waals surface area contributed by atoms with Crippen LogP contribution in [0.15, 0.2) is 66.7 Å². The number of rotatable bonds is 11. The minimum atomic E-state index is -0.458. The zero-order valence-electron chi connectivity index (χ0n) is 21.7. The van der Waals surface area contributed by atoms with Crippen LogP contribution in [0, 0.1) is 5.82 Å². The van der Waals surface area contributed by atoms with E-state index in [1.54, 1.807) is 51.7 Å². The van der Waals surface area contributed by atoms with Gasteiger partial charge in [0, 0.05) is 23.9 Å². The van der Waals surface area contributed by atoms with Crippen LogP contribution < -0.4 is 30.6 Å². The maximum atomic E-state index is 13.4. The summed E-state index contributed by atoms with van der Waals surface area (Å²) in [6.07, 6.45) is 0.524. The zero-order valence-corrected chi connectivity index (χ0v) is 22.5. The van der Waals surface area contributed by atoms with E-state index in [1.807, 2.05) is 12.1 Å². The van der Waals surface area contributed by atoms with Crippen LogP contribution in [0.1, 0.15) is 31.2 Å². The Morgan fingerprint density at radius 3 is 2.36 bits per heavy atom. The maximum Gasteiger partial charge on any atom is 0.256 e. The Morgan fingerprint density at radius 1 is 0.923 bits per heavy atom. The molecule has 0 saturated carbocycles. The van der Waals surface area contributed by atoms with Gasteiger partial charge in [-0.15, -0.1) is 11.3 Å². The lowest BCUT2D eigenvalue weighted by atomic mass is 10.1. The van der Waals surface area contributed by atoms with Gasteiger partial charge in [0.15, 0.2) is 11.5 Å². The second-order valence-corrected chi connectivity index (χ2v) is 9.46. The number of hydrogen-bond acceptors (Lipinski definition) is 8. The molecule has 4 rings (SSSR count). The van der Waals surface area contributed by atoms with Gasteiger partial charge in [-0.25, -0.2) is 4.39 Å². The molecule has 0 fully saturated rings. The Bertz CT molecular complexity index is 1490. The van der Waals surface area contributed by atoms with Crippen molar-refractivity contribution in [2.45, 2.75) is 6.42 Å². The molecule has 3 aromatic carbocycles. The molecule has 0 aliphatic rings. The fourth-order valence-electron chi connectivity index (χ4n) is 3.94. The first-order chi connectivity index (χ1) is 18.8. The number of amides is 1. The van der Waals surface area contributed by atoms with Gasteiger partial charge in [-0.3, -0.25) is 9.59 Å². The second-order valence-electron chi connectivity index (χ2n) is 8.44. The summed E-state index contributed by atoms with van der Waals surface area (Å²) in [5, 5.41) is 6.49. The van der Waals surface area contributed by atoms with Gasteiger partial charge in [0.25, 0.3) is 5.91 Å². The van der Waals surface area contributed by atoms with E-state index in [0.29, 0.717) is 40.9 Å². The number of carbonyl (C=O) groups is 2. The number of nitrogens with two attached hydrogens (primary N) is 1. The summed E-state index contributed by atoms with van der Waals surface area (Å²) in [6, 6.07) is 17.9. The molecule has 39 heavy (non-hydrogen) atoms. The highest BCUT2D eigenvalue weighted by molar-refractivity contribution is 7.19. The van der Waals surface area contributed by atoms with E-state index in [1.165, 1.54) is 24.3 Å². The number of thiophene rings is 1.